The predicted octanol–water partition coefficient (Wildman–Crippen LogP) is 2.65. The number of sulfonamides is 1. The lowest BCUT2D eigenvalue weighted by atomic mass is 10.2. The maximum Gasteiger partial charge on any atom is 0.240 e. The molecule has 0 fully saturated rings. The van der Waals surface area contributed by atoms with E-state index in [9.17, 15) is 8.42 Å². The molecule has 0 heterocycles. The summed E-state index contributed by atoms with van der Waals surface area (Å²) in [5.74, 6) is 0. The van der Waals surface area contributed by atoms with E-state index in [1.54, 1.807) is 12.1 Å². The highest BCUT2D eigenvalue weighted by Gasteiger charge is 2.17. The van der Waals surface area contributed by atoms with Crippen molar-refractivity contribution in [3.8, 4) is 0 Å². The minimum atomic E-state index is -3.40. The third kappa shape index (κ3) is 5.23. The molecule has 0 spiro atoms. The largest absolute Gasteiger partial charge is 0.310 e. The Morgan fingerprint density at radius 3 is 2.05 bits per heavy atom. The Labute approximate surface area is 123 Å². The van der Waals surface area contributed by atoms with Gasteiger partial charge < -0.3 is 5.32 Å². The summed E-state index contributed by atoms with van der Waals surface area (Å²) in [6.45, 7) is 8.88. The van der Waals surface area contributed by atoms with Crippen LogP contribution >= 0.6 is 0 Å². The summed E-state index contributed by atoms with van der Waals surface area (Å²) in [5.41, 5.74) is 1.08. The van der Waals surface area contributed by atoms with Gasteiger partial charge in [0.1, 0.15) is 0 Å². The van der Waals surface area contributed by atoms with Crippen LogP contribution in [0.4, 0.5) is 0 Å². The third-order valence-corrected chi connectivity index (χ3v) is 4.79. The van der Waals surface area contributed by atoms with Gasteiger partial charge in [-0.1, -0.05) is 39.8 Å². The van der Waals surface area contributed by atoms with Crippen molar-refractivity contribution in [3.63, 3.8) is 0 Å². The van der Waals surface area contributed by atoms with E-state index < -0.39 is 10.0 Å². The van der Waals surface area contributed by atoms with Gasteiger partial charge in [0.2, 0.25) is 10.0 Å². The van der Waals surface area contributed by atoms with Crippen LogP contribution in [0.1, 0.15) is 46.1 Å². The second-order valence-electron chi connectivity index (χ2n) is 5.31. The Bertz CT molecular complexity index is 491. The van der Waals surface area contributed by atoms with Gasteiger partial charge in [0.05, 0.1) is 4.90 Å². The molecule has 0 saturated carbocycles. The molecule has 2 N–H and O–H groups in total. The van der Waals surface area contributed by atoms with Crippen LogP contribution in [0, 0.1) is 0 Å². The van der Waals surface area contributed by atoms with E-state index in [4.69, 9.17) is 0 Å². The Morgan fingerprint density at radius 2 is 1.60 bits per heavy atom. The van der Waals surface area contributed by atoms with Crippen LogP contribution in [0.5, 0.6) is 0 Å². The summed E-state index contributed by atoms with van der Waals surface area (Å²) >= 11 is 0. The summed E-state index contributed by atoms with van der Waals surface area (Å²) in [5, 5.41) is 3.31. The molecule has 0 atom stereocenters. The molecule has 0 radical (unpaired) electrons. The molecule has 0 saturated heterocycles. The fourth-order valence-corrected chi connectivity index (χ4v) is 3.25. The molecule has 0 aliphatic carbocycles. The summed E-state index contributed by atoms with van der Waals surface area (Å²) in [4.78, 5) is 0.331. The Morgan fingerprint density at radius 1 is 1.05 bits per heavy atom. The summed E-state index contributed by atoms with van der Waals surface area (Å²) < 4.78 is 27.2. The third-order valence-electron chi connectivity index (χ3n) is 3.26. The van der Waals surface area contributed by atoms with Gasteiger partial charge in [-0.2, -0.15) is 0 Å². The number of rotatable bonds is 8. The maximum atomic E-state index is 12.2. The first-order chi connectivity index (χ1) is 9.39. The average molecular weight is 298 g/mol. The van der Waals surface area contributed by atoms with Gasteiger partial charge in [-0.25, -0.2) is 13.1 Å². The topological polar surface area (TPSA) is 58.2 Å². The number of nitrogens with one attached hydrogen (secondary N) is 2. The van der Waals surface area contributed by atoms with Crippen molar-refractivity contribution in [2.75, 3.05) is 0 Å². The van der Waals surface area contributed by atoms with Crippen LogP contribution in [-0.2, 0) is 16.6 Å². The normalized spacial score (nSPS) is 12.3. The smallest absolute Gasteiger partial charge is 0.240 e. The second kappa shape index (κ2) is 7.76. The Balaban J connectivity index is 2.76. The molecule has 1 rings (SSSR count). The molecule has 0 aliphatic heterocycles. The highest BCUT2D eigenvalue weighted by atomic mass is 32.2. The average Bonchev–Trinajstić information content (AvgIpc) is 2.43. The molecule has 5 heteroatoms. The van der Waals surface area contributed by atoms with E-state index in [0.717, 1.165) is 24.9 Å². The summed E-state index contributed by atoms with van der Waals surface area (Å²) in [6, 6.07) is 7.47. The van der Waals surface area contributed by atoms with Gasteiger partial charge in [0, 0.05) is 18.6 Å². The number of hydrogen-bond donors (Lipinski definition) is 2. The van der Waals surface area contributed by atoms with Gasteiger partial charge in [-0.3, -0.25) is 0 Å². The fraction of sp³-hybridized carbons (Fsp3) is 0.600. The van der Waals surface area contributed by atoms with Crippen LogP contribution in [0.25, 0.3) is 0 Å². The molecule has 20 heavy (non-hydrogen) atoms. The summed E-state index contributed by atoms with van der Waals surface area (Å²) in [7, 11) is -3.40. The molecule has 0 unspecified atom stereocenters. The van der Waals surface area contributed by atoms with Crippen LogP contribution in [-0.4, -0.2) is 20.5 Å². The SMILES string of the molecule is CCC(CC)NS(=O)(=O)c1ccc(CNC(C)C)cc1. The maximum absolute atomic E-state index is 12.2. The minimum absolute atomic E-state index is 0.00211. The zero-order valence-corrected chi connectivity index (χ0v) is 13.6. The lowest BCUT2D eigenvalue weighted by molar-refractivity contribution is 0.530. The molecule has 0 aromatic heterocycles. The van der Waals surface area contributed by atoms with Crippen LogP contribution in [0.3, 0.4) is 0 Å². The van der Waals surface area contributed by atoms with Crippen LogP contribution < -0.4 is 10.0 Å². The molecule has 114 valence electrons. The molecule has 0 aliphatic rings. The van der Waals surface area contributed by atoms with Crippen molar-refractivity contribution in [2.45, 2.75) is 64.1 Å². The first-order valence-electron chi connectivity index (χ1n) is 7.23. The van der Waals surface area contributed by atoms with Gasteiger partial charge in [0.15, 0.2) is 0 Å². The quantitative estimate of drug-likeness (QED) is 0.775. The van der Waals surface area contributed by atoms with E-state index in [1.165, 1.54) is 0 Å². The second-order valence-corrected chi connectivity index (χ2v) is 7.03. The van der Waals surface area contributed by atoms with Gasteiger partial charge >= 0.3 is 0 Å². The predicted molar refractivity (Wildman–Crippen MR) is 83.1 cm³/mol. The highest BCUT2D eigenvalue weighted by Crippen LogP contribution is 2.12. The van der Waals surface area contributed by atoms with E-state index in [0.29, 0.717) is 10.9 Å². The lowest BCUT2D eigenvalue weighted by Crippen LogP contribution is -2.33. The van der Waals surface area contributed by atoms with Crippen molar-refractivity contribution in [2.24, 2.45) is 0 Å². The van der Waals surface area contributed by atoms with E-state index >= 15 is 0 Å². The molecule has 4 nitrogen and oxygen atoms in total. The first kappa shape index (κ1) is 17.1. The fourth-order valence-electron chi connectivity index (χ4n) is 1.85. The Hall–Kier alpha value is -0.910. The van der Waals surface area contributed by atoms with E-state index in [-0.39, 0.29) is 6.04 Å². The van der Waals surface area contributed by atoms with Crippen molar-refractivity contribution in [1.29, 1.82) is 0 Å². The van der Waals surface area contributed by atoms with Gasteiger partial charge in [-0.05, 0) is 30.5 Å². The molecular formula is C15H26N2O2S. The van der Waals surface area contributed by atoms with Crippen molar-refractivity contribution in [3.05, 3.63) is 29.8 Å². The molecule has 0 amide bonds. The van der Waals surface area contributed by atoms with Crippen LogP contribution in [0.2, 0.25) is 0 Å². The van der Waals surface area contributed by atoms with Crippen molar-refractivity contribution >= 4 is 10.0 Å². The molecular weight excluding hydrogens is 272 g/mol. The zero-order valence-electron chi connectivity index (χ0n) is 12.8. The monoisotopic (exact) mass is 298 g/mol. The van der Waals surface area contributed by atoms with E-state index in [1.807, 2.05) is 26.0 Å². The number of hydrogen-bond acceptors (Lipinski definition) is 3. The van der Waals surface area contributed by atoms with Crippen LogP contribution in [0.15, 0.2) is 29.2 Å². The number of benzene rings is 1. The Kier molecular flexibility index (Phi) is 6.65. The molecule has 1 aromatic carbocycles. The minimum Gasteiger partial charge on any atom is -0.310 e. The molecule has 0 bridgehead atoms. The van der Waals surface area contributed by atoms with Gasteiger partial charge in [-0.15, -0.1) is 0 Å². The standard InChI is InChI=1S/C15H26N2O2S/c1-5-14(6-2)17-20(18,19)15-9-7-13(8-10-15)11-16-12(3)4/h7-10,12,14,16-17H,5-6,11H2,1-4H3. The highest BCUT2D eigenvalue weighted by molar-refractivity contribution is 7.89. The van der Waals surface area contributed by atoms with E-state index in [2.05, 4.69) is 23.9 Å². The van der Waals surface area contributed by atoms with Crippen molar-refractivity contribution in [1.82, 2.24) is 10.0 Å². The first-order valence-corrected chi connectivity index (χ1v) is 8.72. The summed E-state index contributed by atoms with van der Waals surface area (Å²) in [6.07, 6.45) is 1.60. The van der Waals surface area contributed by atoms with Crippen molar-refractivity contribution < 1.29 is 8.42 Å². The molecule has 1 aromatic rings. The lowest BCUT2D eigenvalue weighted by Gasteiger charge is -2.15. The zero-order chi connectivity index (χ0) is 15.2. The van der Waals surface area contributed by atoms with Gasteiger partial charge in [0.25, 0.3) is 0 Å².